The van der Waals surface area contributed by atoms with E-state index in [1.165, 1.54) is 5.56 Å². The second kappa shape index (κ2) is 8.90. The predicted octanol–water partition coefficient (Wildman–Crippen LogP) is 2.90. The number of benzene rings is 1. The number of hydrogen-bond donors (Lipinski definition) is 0. The van der Waals surface area contributed by atoms with Crippen molar-refractivity contribution in [3.05, 3.63) is 35.9 Å². The van der Waals surface area contributed by atoms with Crippen molar-refractivity contribution in [3.8, 4) is 0 Å². The van der Waals surface area contributed by atoms with Crippen LogP contribution in [0, 0.1) is 0 Å². The number of aliphatic imine (C=N–C) groups is 1. The van der Waals surface area contributed by atoms with Crippen LogP contribution >= 0.6 is 0 Å². The minimum absolute atomic E-state index is 0.360. The molecule has 0 amide bonds. The van der Waals surface area contributed by atoms with Gasteiger partial charge in [0.15, 0.2) is 0 Å². The van der Waals surface area contributed by atoms with Crippen LogP contribution in [0.15, 0.2) is 35.3 Å². The molecule has 3 nitrogen and oxygen atoms in total. The Bertz CT molecular complexity index is 322. The molecule has 1 aromatic rings. The first kappa shape index (κ1) is 13.9. The van der Waals surface area contributed by atoms with Gasteiger partial charge < -0.3 is 9.47 Å². The van der Waals surface area contributed by atoms with Gasteiger partial charge >= 0.3 is 0 Å². The highest BCUT2D eigenvalue weighted by Crippen LogP contribution is 2.04. The Morgan fingerprint density at radius 3 is 2.53 bits per heavy atom. The van der Waals surface area contributed by atoms with Gasteiger partial charge in [-0.25, -0.2) is 0 Å². The molecule has 0 atom stereocenters. The zero-order valence-electron chi connectivity index (χ0n) is 10.7. The van der Waals surface area contributed by atoms with Crippen LogP contribution in [0.1, 0.15) is 25.8 Å². The maximum Gasteiger partial charge on any atom is 0.146 e. The molecule has 0 unspecified atom stereocenters. The van der Waals surface area contributed by atoms with E-state index < -0.39 is 0 Å². The molecule has 1 rings (SSSR count). The van der Waals surface area contributed by atoms with Gasteiger partial charge in [0.2, 0.25) is 0 Å². The third-order valence-corrected chi connectivity index (χ3v) is 2.35. The molecule has 0 radical (unpaired) electrons. The van der Waals surface area contributed by atoms with E-state index in [-0.39, 0.29) is 0 Å². The standard InChI is InChI=1S/C14H21NO2/c1-3-14(13-8-6-5-7-9-13)15-10-11-17-12-16-4-2/h5-9H,3-4,10-12H2,1-2H3. The molecule has 0 saturated heterocycles. The van der Waals surface area contributed by atoms with Gasteiger partial charge in [-0.1, -0.05) is 37.3 Å². The lowest BCUT2D eigenvalue weighted by Crippen LogP contribution is -2.06. The summed E-state index contributed by atoms with van der Waals surface area (Å²) < 4.78 is 10.4. The topological polar surface area (TPSA) is 30.8 Å². The van der Waals surface area contributed by atoms with Gasteiger partial charge in [-0.15, -0.1) is 0 Å². The molecule has 94 valence electrons. The van der Waals surface area contributed by atoms with E-state index in [4.69, 9.17) is 9.47 Å². The molecular formula is C14H21NO2. The normalized spacial score (nSPS) is 11.8. The Labute approximate surface area is 103 Å². The van der Waals surface area contributed by atoms with E-state index in [9.17, 15) is 0 Å². The van der Waals surface area contributed by atoms with Gasteiger partial charge in [-0.3, -0.25) is 4.99 Å². The van der Waals surface area contributed by atoms with Crippen molar-refractivity contribution in [2.75, 3.05) is 26.6 Å². The second-order valence-corrected chi connectivity index (χ2v) is 3.57. The highest BCUT2D eigenvalue weighted by molar-refractivity contribution is 6.00. The molecule has 0 aromatic heterocycles. The van der Waals surface area contributed by atoms with Crippen molar-refractivity contribution in [3.63, 3.8) is 0 Å². The zero-order valence-corrected chi connectivity index (χ0v) is 10.7. The minimum atomic E-state index is 0.360. The number of nitrogens with zero attached hydrogens (tertiary/aromatic N) is 1. The van der Waals surface area contributed by atoms with Gasteiger partial charge in [-0.05, 0) is 18.9 Å². The fraction of sp³-hybridized carbons (Fsp3) is 0.500. The van der Waals surface area contributed by atoms with Crippen LogP contribution < -0.4 is 0 Å². The fourth-order valence-corrected chi connectivity index (χ4v) is 1.48. The first-order chi connectivity index (χ1) is 8.38. The molecule has 0 spiro atoms. The SMILES string of the molecule is CCOCOCCN=C(CC)c1ccccc1. The Kier molecular flexibility index (Phi) is 7.27. The van der Waals surface area contributed by atoms with Crippen LogP contribution in [0.3, 0.4) is 0 Å². The van der Waals surface area contributed by atoms with Gasteiger partial charge in [0.25, 0.3) is 0 Å². The molecule has 0 aliphatic heterocycles. The highest BCUT2D eigenvalue weighted by atomic mass is 16.7. The summed E-state index contributed by atoms with van der Waals surface area (Å²) in [6, 6.07) is 10.3. The van der Waals surface area contributed by atoms with Crippen LogP contribution in [0.2, 0.25) is 0 Å². The maximum atomic E-state index is 5.28. The van der Waals surface area contributed by atoms with Crippen LogP contribution in [0.25, 0.3) is 0 Å². The summed E-state index contributed by atoms with van der Waals surface area (Å²) in [5.41, 5.74) is 2.32. The summed E-state index contributed by atoms with van der Waals surface area (Å²) in [6.45, 7) is 6.41. The predicted molar refractivity (Wildman–Crippen MR) is 70.6 cm³/mol. The molecule has 17 heavy (non-hydrogen) atoms. The van der Waals surface area contributed by atoms with E-state index in [0.717, 1.165) is 12.1 Å². The van der Waals surface area contributed by atoms with E-state index in [1.54, 1.807) is 0 Å². The third kappa shape index (κ3) is 5.61. The lowest BCUT2D eigenvalue weighted by molar-refractivity contribution is -0.0462. The van der Waals surface area contributed by atoms with E-state index in [0.29, 0.717) is 26.6 Å². The van der Waals surface area contributed by atoms with Gasteiger partial charge in [0.1, 0.15) is 6.79 Å². The van der Waals surface area contributed by atoms with Crippen molar-refractivity contribution < 1.29 is 9.47 Å². The van der Waals surface area contributed by atoms with Crippen molar-refractivity contribution in [1.29, 1.82) is 0 Å². The quantitative estimate of drug-likeness (QED) is 0.394. The molecule has 0 saturated carbocycles. The first-order valence-electron chi connectivity index (χ1n) is 6.12. The Balaban J connectivity index is 2.35. The zero-order chi connectivity index (χ0) is 12.3. The van der Waals surface area contributed by atoms with Gasteiger partial charge in [0, 0.05) is 12.3 Å². The van der Waals surface area contributed by atoms with Crippen molar-refractivity contribution >= 4 is 5.71 Å². The molecule has 3 heteroatoms. The largest absolute Gasteiger partial charge is 0.356 e. The second-order valence-electron chi connectivity index (χ2n) is 3.57. The summed E-state index contributed by atoms with van der Waals surface area (Å²) in [5.74, 6) is 0. The van der Waals surface area contributed by atoms with Crippen molar-refractivity contribution in [2.24, 2.45) is 4.99 Å². The lowest BCUT2D eigenvalue weighted by atomic mass is 10.1. The van der Waals surface area contributed by atoms with Crippen LogP contribution in [0.5, 0.6) is 0 Å². The van der Waals surface area contributed by atoms with E-state index in [2.05, 4.69) is 24.0 Å². The summed E-state index contributed by atoms with van der Waals surface area (Å²) in [6.07, 6.45) is 0.940. The Morgan fingerprint density at radius 1 is 1.12 bits per heavy atom. The van der Waals surface area contributed by atoms with E-state index in [1.807, 2.05) is 25.1 Å². The van der Waals surface area contributed by atoms with Crippen LogP contribution in [-0.4, -0.2) is 32.3 Å². The summed E-state index contributed by atoms with van der Waals surface area (Å²) >= 11 is 0. The van der Waals surface area contributed by atoms with Crippen LogP contribution in [-0.2, 0) is 9.47 Å². The molecule has 0 aliphatic carbocycles. The minimum Gasteiger partial charge on any atom is -0.356 e. The van der Waals surface area contributed by atoms with Crippen molar-refractivity contribution in [2.45, 2.75) is 20.3 Å². The average Bonchev–Trinajstić information content (AvgIpc) is 2.39. The Hall–Kier alpha value is -1.19. The fourth-order valence-electron chi connectivity index (χ4n) is 1.48. The monoisotopic (exact) mass is 235 g/mol. The molecule has 0 bridgehead atoms. The van der Waals surface area contributed by atoms with Gasteiger partial charge in [-0.2, -0.15) is 0 Å². The van der Waals surface area contributed by atoms with E-state index >= 15 is 0 Å². The molecular weight excluding hydrogens is 214 g/mol. The average molecular weight is 235 g/mol. The summed E-state index contributed by atoms with van der Waals surface area (Å²) in [5, 5.41) is 0. The van der Waals surface area contributed by atoms with Crippen molar-refractivity contribution in [1.82, 2.24) is 0 Å². The number of hydrogen-bond acceptors (Lipinski definition) is 3. The number of ether oxygens (including phenoxy) is 2. The molecule has 0 fully saturated rings. The molecule has 0 aliphatic rings. The molecule has 0 heterocycles. The third-order valence-electron chi connectivity index (χ3n) is 2.35. The molecule has 1 aromatic carbocycles. The van der Waals surface area contributed by atoms with Crippen LogP contribution in [0.4, 0.5) is 0 Å². The lowest BCUT2D eigenvalue weighted by Gasteiger charge is -2.05. The maximum absolute atomic E-state index is 5.28. The smallest absolute Gasteiger partial charge is 0.146 e. The van der Waals surface area contributed by atoms with Gasteiger partial charge in [0.05, 0.1) is 13.2 Å². The summed E-state index contributed by atoms with van der Waals surface area (Å²) in [7, 11) is 0. The first-order valence-corrected chi connectivity index (χ1v) is 6.12. The Morgan fingerprint density at radius 2 is 1.88 bits per heavy atom. The summed E-state index contributed by atoms with van der Waals surface area (Å²) in [4.78, 5) is 4.55. The molecule has 0 N–H and O–H groups in total. The number of rotatable bonds is 8. The highest BCUT2D eigenvalue weighted by Gasteiger charge is 1.98.